The van der Waals surface area contributed by atoms with Gasteiger partial charge in [0.1, 0.15) is 5.82 Å². The van der Waals surface area contributed by atoms with E-state index in [4.69, 9.17) is 0 Å². The summed E-state index contributed by atoms with van der Waals surface area (Å²) in [6, 6.07) is 6.49. The maximum atomic E-state index is 13.7. The summed E-state index contributed by atoms with van der Waals surface area (Å²) < 4.78 is 13.7. The number of nitrogens with zero attached hydrogens (tertiary/aromatic N) is 4. The van der Waals surface area contributed by atoms with E-state index in [0.717, 1.165) is 62.3 Å². The number of hydrogen-bond donors (Lipinski definition) is 0. The lowest BCUT2D eigenvalue weighted by Gasteiger charge is -2.37. The van der Waals surface area contributed by atoms with Crippen molar-refractivity contribution in [1.29, 1.82) is 0 Å². The molecule has 1 amide bonds. The van der Waals surface area contributed by atoms with Crippen LogP contribution in [0.5, 0.6) is 0 Å². The van der Waals surface area contributed by atoms with Crippen molar-refractivity contribution in [3.63, 3.8) is 0 Å². The summed E-state index contributed by atoms with van der Waals surface area (Å²) in [6.45, 7) is 3.46. The summed E-state index contributed by atoms with van der Waals surface area (Å²) in [7, 11) is 2.11. The summed E-state index contributed by atoms with van der Waals surface area (Å²) in [5, 5.41) is 0. The molecule has 28 heavy (non-hydrogen) atoms. The van der Waals surface area contributed by atoms with E-state index >= 15 is 0 Å². The maximum absolute atomic E-state index is 13.7. The lowest BCUT2D eigenvalue weighted by Crippen LogP contribution is -2.45. The van der Waals surface area contributed by atoms with Crippen LogP contribution in [0.4, 0.5) is 4.39 Å². The first-order valence-corrected chi connectivity index (χ1v) is 10.2. The van der Waals surface area contributed by atoms with Gasteiger partial charge in [0.2, 0.25) is 5.91 Å². The number of carbonyl (C=O) groups is 1. The summed E-state index contributed by atoms with van der Waals surface area (Å²) in [5.74, 6) is 0.279. The SMILES string of the molecule is CN1CCC(C(=O)N2CCC[C@@H](c3nccnc3-c3cccc(F)c3)C2)CC1. The molecule has 0 bridgehead atoms. The summed E-state index contributed by atoms with van der Waals surface area (Å²) in [5.41, 5.74) is 2.33. The Morgan fingerprint density at radius 3 is 2.68 bits per heavy atom. The molecule has 1 atom stereocenters. The van der Waals surface area contributed by atoms with Gasteiger partial charge in [0.25, 0.3) is 0 Å². The molecule has 5 nitrogen and oxygen atoms in total. The van der Waals surface area contributed by atoms with Gasteiger partial charge in [-0.25, -0.2) is 4.39 Å². The van der Waals surface area contributed by atoms with Gasteiger partial charge in [-0.2, -0.15) is 0 Å². The summed E-state index contributed by atoms with van der Waals surface area (Å²) >= 11 is 0. The molecule has 1 aromatic heterocycles. The number of rotatable bonds is 3. The molecule has 0 unspecified atom stereocenters. The quantitative estimate of drug-likeness (QED) is 0.817. The van der Waals surface area contributed by atoms with E-state index in [1.54, 1.807) is 18.5 Å². The van der Waals surface area contributed by atoms with Crippen LogP contribution in [-0.2, 0) is 4.79 Å². The summed E-state index contributed by atoms with van der Waals surface area (Å²) in [6.07, 6.45) is 7.15. The second-order valence-electron chi connectivity index (χ2n) is 8.00. The Morgan fingerprint density at radius 1 is 1.11 bits per heavy atom. The zero-order valence-electron chi connectivity index (χ0n) is 16.4. The van der Waals surface area contributed by atoms with E-state index in [0.29, 0.717) is 6.54 Å². The van der Waals surface area contributed by atoms with Gasteiger partial charge in [-0.05, 0) is 58.0 Å². The first-order chi connectivity index (χ1) is 13.6. The van der Waals surface area contributed by atoms with Gasteiger partial charge in [0.15, 0.2) is 0 Å². The molecule has 2 aromatic rings. The fourth-order valence-electron chi connectivity index (χ4n) is 4.42. The molecule has 0 radical (unpaired) electrons. The number of hydrogen-bond acceptors (Lipinski definition) is 4. The van der Waals surface area contributed by atoms with E-state index < -0.39 is 0 Å². The normalized spacial score (nSPS) is 21.6. The fraction of sp³-hybridized carbons (Fsp3) is 0.500. The van der Waals surface area contributed by atoms with Crippen LogP contribution in [0.3, 0.4) is 0 Å². The van der Waals surface area contributed by atoms with Crippen molar-refractivity contribution in [2.45, 2.75) is 31.6 Å². The summed E-state index contributed by atoms with van der Waals surface area (Å²) in [4.78, 5) is 26.5. The van der Waals surface area contributed by atoms with Crippen LogP contribution in [0.15, 0.2) is 36.7 Å². The zero-order chi connectivity index (χ0) is 19.5. The van der Waals surface area contributed by atoms with Crippen LogP contribution in [0.25, 0.3) is 11.3 Å². The molecule has 148 valence electrons. The molecule has 0 spiro atoms. The highest BCUT2D eigenvalue weighted by Gasteiger charge is 2.32. The zero-order valence-corrected chi connectivity index (χ0v) is 16.4. The number of likely N-dealkylation sites (tertiary alicyclic amines) is 2. The van der Waals surface area contributed by atoms with Gasteiger partial charge in [-0.1, -0.05) is 12.1 Å². The topological polar surface area (TPSA) is 49.3 Å². The Hall–Kier alpha value is -2.34. The molecule has 3 heterocycles. The number of halogens is 1. The highest BCUT2D eigenvalue weighted by molar-refractivity contribution is 5.79. The Morgan fingerprint density at radius 2 is 1.89 bits per heavy atom. The first kappa shape index (κ1) is 19.0. The highest BCUT2D eigenvalue weighted by atomic mass is 19.1. The Kier molecular flexibility index (Phi) is 5.67. The predicted octanol–water partition coefficient (Wildman–Crippen LogP) is 3.33. The molecule has 2 aliphatic rings. The Labute approximate surface area is 165 Å². The monoisotopic (exact) mass is 382 g/mol. The van der Waals surface area contributed by atoms with Crippen molar-refractivity contribution in [1.82, 2.24) is 19.8 Å². The predicted molar refractivity (Wildman–Crippen MR) is 106 cm³/mol. The number of piperidine rings is 2. The van der Waals surface area contributed by atoms with E-state index in [1.807, 2.05) is 11.0 Å². The Bertz CT molecular complexity index is 835. The second-order valence-corrected chi connectivity index (χ2v) is 8.00. The van der Waals surface area contributed by atoms with Crippen molar-refractivity contribution >= 4 is 5.91 Å². The van der Waals surface area contributed by atoms with Crippen LogP contribution >= 0.6 is 0 Å². The Balaban J connectivity index is 1.53. The van der Waals surface area contributed by atoms with Crippen LogP contribution in [0.1, 0.15) is 37.3 Å². The van der Waals surface area contributed by atoms with Crippen LogP contribution in [0, 0.1) is 11.7 Å². The van der Waals surface area contributed by atoms with E-state index in [2.05, 4.69) is 21.9 Å². The van der Waals surface area contributed by atoms with Crippen LogP contribution in [-0.4, -0.2) is 58.9 Å². The molecule has 2 aliphatic heterocycles. The van der Waals surface area contributed by atoms with Gasteiger partial charge in [0, 0.05) is 42.9 Å². The average Bonchev–Trinajstić information content (AvgIpc) is 2.74. The van der Waals surface area contributed by atoms with Crippen molar-refractivity contribution in [3.8, 4) is 11.3 Å². The minimum Gasteiger partial charge on any atom is -0.342 e. The molecule has 2 fully saturated rings. The first-order valence-electron chi connectivity index (χ1n) is 10.2. The molecule has 0 aliphatic carbocycles. The lowest BCUT2D eigenvalue weighted by atomic mass is 9.89. The molecule has 1 aromatic carbocycles. The average molecular weight is 382 g/mol. The number of amides is 1. The van der Waals surface area contributed by atoms with E-state index in [9.17, 15) is 9.18 Å². The number of benzene rings is 1. The van der Waals surface area contributed by atoms with Crippen molar-refractivity contribution in [2.24, 2.45) is 5.92 Å². The van der Waals surface area contributed by atoms with Crippen LogP contribution in [0.2, 0.25) is 0 Å². The van der Waals surface area contributed by atoms with Crippen molar-refractivity contribution in [3.05, 3.63) is 48.2 Å². The van der Waals surface area contributed by atoms with Crippen molar-refractivity contribution < 1.29 is 9.18 Å². The third-order valence-electron chi connectivity index (χ3n) is 6.01. The van der Waals surface area contributed by atoms with Gasteiger partial charge in [-0.15, -0.1) is 0 Å². The molecule has 4 rings (SSSR count). The van der Waals surface area contributed by atoms with Gasteiger partial charge in [-0.3, -0.25) is 14.8 Å². The van der Waals surface area contributed by atoms with Crippen LogP contribution < -0.4 is 0 Å². The fourth-order valence-corrected chi connectivity index (χ4v) is 4.42. The minimum absolute atomic E-state index is 0.135. The largest absolute Gasteiger partial charge is 0.342 e. The molecule has 6 heteroatoms. The molecular formula is C22H27FN4O. The molecular weight excluding hydrogens is 355 g/mol. The third kappa shape index (κ3) is 4.07. The standard InChI is InChI=1S/C22H27FN4O/c1-26-12-7-16(8-13-26)22(28)27-11-3-5-18(15-27)21-20(24-9-10-25-21)17-4-2-6-19(23)14-17/h2,4,6,9-10,14,16,18H,3,5,7-8,11-13,15H2,1H3/t18-/m1/s1. The maximum Gasteiger partial charge on any atom is 0.225 e. The second kappa shape index (κ2) is 8.35. The molecule has 0 saturated carbocycles. The van der Waals surface area contributed by atoms with Gasteiger partial charge >= 0.3 is 0 Å². The van der Waals surface area contributed by atoms with Gasteiger partial charge < -0.3 is 9.80 Å². The number of carbonyl (C=O) groups excluding carboxylic acids is 1. The van der Waals surface area contributed by atoms with E-state index in [-0.39, 0.29) is 23.6 Å². The highest BCUT2D eigenvalue weighted by Crippen LogP contribution is 2.33. The lowest BCUT2D eigenvalue weighted by molar-refractivity contribution is -0.138. The number of aromatic nitrogens is 2. The smallest absolute Gasteiger partial charge is 0.225 e. The minimum atomic E-state index is -0.281. The van der Waals surface area contributed by atoms with Crippen molar-refractivity contribution in [2.75, 3.05) is 33.2 Å². The van der Waals surface area contributed by atoms with Gasteiger partial charge in [0.05, 0.1) is 11.4 Å². The third-order valence-corrected chi connectivity index (χ3v) is 6.01. The molecule has 0 N–H and O–H groups in total. The van der Waals surface area contributed by atoms with E-state index in [1.165, 1.54) is 12.1 Å². The molecule has 2 saturated heterocycles.